The molecule has 0 saturated heterocycles. The van der Waals surface area contributed by atoms with Gasteiger partial charge in [-0.05, 0) is 56.4 Å². The molecule has 2 atom stereocenters. The van der Waals surface area contributed by atoms with Crippen LogP contribution < -0.4 is 10.5 Å². The second-order valence-electron chi connectivity index (χ2n) is 6.95. The second-order valence-corrected chi connectivity index (χ2v) is 6.95. The lowest BCUT2D eigenvalue weighted by Crippen LogP contribution is -2.64. The zero-order valence-corrected chi connectivity index (χ0v) is 13.0. The van der Waals surface area contributed by atoms with Gasteiger partial charge in [0.05, 0.1) is 0 Å². The van der Waals surface area contributed by atoms with E-state index in [1.807, 2.05) is 0 Å². The molecule has 1 spiro atoms. The molecule has 0 radical (unpaired) electrons. The van der Waals surface area contributed by atoms with E-state index in [2.05, 4.69) is 32.9 Å². The van der Waals surface area contributed by atoms with E-state index >= 15 is 0 Å². The van der Waals surface area contributed by atoms with E-state index < -0.39 is 0 Å². The minimum absolute atomic E-state index is 0.266. The summed E-state index contributed by atoms with van der Waals surface area (Å²) in [6.07, 6.45) is 7.86. The molecule has 20 heavy (non-hydrogen) atoms. The summed E-state index contributed by atoms with van der Waals surface area (Å²) in [5, 5.41) is 0. The monoisotopic (exact) mass is 273 g/mol. The van der Waals surface area contributed by atoms with Crippen LogP contribution >= 0.6 is 0 Å². The standard InChI is InChI=1S/C18H27NO/c1-12-9-13(2)14(3)15(10-12)20-17-11-16(19)18(17)7-5-4-6-8-18/h9-10,16-17H,4-8,11,19H2,1-3H3. The lowest BCUT2D eigenvalue weighted by atomic mass is 9.55. The summed E-state index contributed by atoms with van der Waals surface area (Å²) in [6, 6.07) is 4.76. The van der Waals surface area contributed by atoms with Crippen LogP contribution in [0.15, 0.2) is 12.1 Å². The SMILES string of the molecule is Cc1cc(C)c(C)c(OC2CC(N)C23CCCCC3)c1. The second kappa shape index (κ2) is 5.07. The van der Waals surface area contributed by atoms with Crippen molar-refractivity contribution in [1.29, 1.82) is 0 Å². The first-order chi connectivity index (χ1) is 9.53. The molecule has 2 unspecified atom stereocenters. The van der Waals surface area contributed by atoms with Gasteiger partial charge in [0.25, 0.3) is 0 Å². The van der Waals surface area contributed by atoms with Crippen molar-refractivity contribution in [2.45, 2.75) is 71.4 Å². The summed E-state index contributed by atoms with van der Waals surface area (Å²) in [5.74, 6) is 1.07. The first-order valence-electron chi connectivity index (χ1n) is 8.03. The van der Waals surface area contributed by atoms with Crippen LogP contribution in [0.1, 0.15) is 55.2 Å². The van der Waals surface area contributed by atoms with Gasteiger partial charge in [-0.1, -0.05) is 25.3 Å². The van der Waals surface area contributed by atoms with Crippen molar-refractivity contribution in [3.8, 4) is 5.75 Å². The van der Waals surface area contributed by atoms with Gasteiger partial charge in [0.15, 0.2) is 0 Å². The maximum atomic E-state index is 6.43. The minimum atomic E-state index is 0.266. The summed E-state index contributed by atoms with van der Waals surface area (Å²) >= 11 is 0. The van der Waals surface area contributed by atoms with Gasteiger partial charge in [0, 0.05) is 17.9 Å². The van der Waals surface area contributed by atoms with Crippen LogP contribution in [0.25, 0.3) is 0 Å². The largest absolute Gasteiger partial charge is 0.489 e. The Bertz CT molecular complexity index is 502. The van der Waals surface area contributed by atoms with E-state index in [-0.39, 0.29) is 5.41 Å². The number of hydrogen-bond acceptors (Lipinski definition) is 2. The Hall–Kier alpha value is -1.02. The van der Waals surface area contributed by atoms with Crippen LogP contribution in [0, 0.1) is 26.2 Å². The molecule has 2 fully saturated rings. The highest BCUT2D eigenvalue weighted by Gasteiger charge is 2.55. The first kappa shape index (κ1) is 13.9. The zero-order valence-electron chi connectivity index (χ0n) is 13.0. The maximum absolute atomic E-state index is 6.43. The number of benzene rings is 1. The predicted molar refractivity (Wildman–Crippen MR) is 83.2 cm³/mol. The van der Waals surface area contributed by atoms with Crippen molar-refractivity contribution in [1.82, 2.24) is 0 Å². The summed E-state index contributed by atoms with van der Waals surface area (Å²) in [6.45, 7) is 6.47. The lowest BCUT2D eigenvalue weighted by Gasteiger charge is -2.56. The summed E-state index contributed by atoms with van der Waals surface area (Å²) in [5.41, 5.74) is 10.5. The molecule has 2 heteroatoms. The molecule has 2 aliphatic rings. The van der Waals surface area contributed by atoms with Gasteiger partial charge >= 0.3 is 0 Å². The number of nitrogens with two attached hydrogens (primary N) is 1. The summed E-state index contributed by atoms with van der Waals surface area (Å²) < 4.78 is 6.43. The average molecular weight is 273 g/mol. The van der Waals surface area contributed by atoms with Crippen molar-refractivity contribution >= 4 is 0 Å². The Balaban J connectivity index is 1.81. The first-order valence-corrected chi connectivity index (χ1v) is 8.03. The highest BCUT2D eigenvalue weighted by molar-refractivity contribution is 5.42. The Kier molecular flexibility index (Phi) is 3.53. The average Bonchev–Trinajstić information content (AvgIpc) is 2.44. The third kappa shape index (κ3) is 2.14. The molecule has 2 nitrogen and oxygen atoms in total. The van der Waals surface area contributed by atoms with Gasteiger partial charge in [-0.25, -0.2) is 0 Å². The van der Waals surface area contributed by atoms with Crippen molar-refractivity contribution in [2.24, 2.45) is 11.1 Å². The third-order valence-corrected chi connectivity index (χ3v) is 5.67. The van der Waals surface area contributed by atoms with Crippen molar-refractivity contribution < 1.29 is 4.74 Å². The van der Waals surface area contributed by atoms with E-state index in [1.165, 1.54) is 48.8 Å². The third-order valence-electron chi connectivity index (χ3n) is 5.67. The van der Waals surface area contributed by atoms with Gasteiger partial charge < -0.3 is 10.5 Å². The van der Waals surface area contributed by atoms with Crippen LogP contribution in [0.4, 0.5) is 0 Å². The number of aryl methyl sites for hydroxylation is 2. The molecule has 2 aliphatic carbocycles. The van der Waals surface area contributed by atoms with E-state index in [0.717, 1.165) is 12.2 Å². The highest BCUT2D eigenvalue weighted by atomic mass is 16.5. The Labute approximate surface area is 122 Å². The lowest BCUT2D eigenvalue weighted by molar-refractivity contribution is -0.0901. The Morgan fingerprint density at radius 3 is 2.45 bits per heavy atom. The van der Waals surface area contributed by atoms with Crippen LogP contribution in [0.3, 0.4) is 0 Å². The van der Waals surface area contributed by atoms with Gasteiger partial charge in [-0.2, -0.15) is 0 Å². The fourth-order valence-electron chi connectivity index (χ4n) is 4.12. The van der Waals surface area contributed by atoms with E-state index in [1.54, 1.807) is 0 Å². The van der Waals surface area contributed by atoms with Crippen LogP contribution in [0.2, 0.25) is 0 Å². The number of rotatable bonds is 2. The topological polar surface area (TPSA) is 35.2 Å². The normalized spacial score (nSPS) is 28.2. The number of hydrogen-bond donors (Lipinski definition) is 1. The van der Waals surface area contributed by atoms with Crippen molar-refractivity contribution in [3.05, 3.63) is 28.8 Å². The molecule has 1 aromatic carbocycles. The van der Waals surface area contributed by atoms with Gasteiger partial charge in [0.2, 0.25) is 0 Å². The quantitative estimate of drug-likeness (QED) is 0.882. The van der Waals surface area contributed by atoms with E-state index in [9.17, 15) is 0 Å². The zero-order chi connectivity index (χ0) is 14.3. The molecule has 2 saturated carbocycles. The molecule has 1 aromatic rings. The smallest absolute Gasteiger partial charge is 0.123 e. The molecule has 110 valence electrons. The van der Waals surface area contributed by atoms with Crippen LogP contribution in [-0.2, 0) is 0 Å². The molecule has 0 heterocycles. The number of ether oxygens (including phenoxy) is 1. The minimum Gasteiger partial charge on any atom is -0.489 e. The molecule has 3 rings (SSSR count). The fourth-order valence-corrected chi connectivity index (χ4v) is 4.12. The van der Waals surface area contributed by atoms with Crippen LogP contribution in [0.5, 0.6) is 5.75 Å². The molecular weight excluding hydrogens is 246 g/mol. The van der Waals surface area contributed by atoms with Gasteiger partial charge in [-0.3, -0.25) is 0 Å². The Morgan fingerprint density at radius 1 is 1.10 bits per heavy atom. The fraction of sp³-hybridized carbons (Fsp3) is 0.667. The molecule has 0 aliphatic heterocycles. The molecule has 0 amide bonds. The molecular formula is C18H27NO. The van der Waals surface area contributed by atoms with Gasteiger partial charge in [-0.15, -0.1) is 0 Å². The Morgan fingerprint density at radius 2 is 1.80 bits per heavy atom. The molecule has 0 aromatic heterocycles. The van der Waals surface area contributed by atoms with E-state index in [0.29, 0.717) is 12.1 Å². The summed E-state index contributed by atoms with van der Waals surface area (Å²) in [7, 11) is 0. The van der Waals surface area contributed by atoms with Gasteiger partial charge in [0.1, 0.15) is 11.9 Å². The maximum Gasteiger partial charge on any atom is 0.123 e. The van der Waals surface area contributed by atoms with E-state index in [4.69, 9.17) is 10.5 Å². The predicted octanol–water partition coefficient (Wildman–Crippen LogP) is 4.04. The van der Waals surface area contributed by atoms with Crippen LogP contribution in [-0.4, -0.2) is 12.1 Å². The highest BCUT2D eigenvalue weighted by Crippen LogP contribution is 2.52. The van der Waals surface area contributed by atoms with Crippen molar-refractivity contribution in [2.75, 3.05) is 0 Å². The molecule has 0 bridgehead atoms. The molecule has 2 N–H and O–H groups in total. The summed E-state index contributed by atoms with van der Waals surface area (Å²) in [4.78, 5) is 0. The van der Waals surface area contributed by atoms with Crippen molar-refractivity contribution in [3.63, 3.8) is 0 Å².